The minimum absolute atomic E-state index is 0.00862. The summed E-state index contributed by atoms with van der Waals surface area (Å²) in [5.74, 6) is 0.0865. The number of hydrogen-bond acceptors (Lipinski definition) is 5. The van der Waals surface area contributed by atoms with E-state index >= 15 is 0 Å². The lowest BCUT2D eigenvalue weighted by molar-refractivity contribution is -0.141. The molecule has 18 heavy (non-hydrogen) atoms. The van der Waals surface area contributed by atoms with E-state index in [0.29, 0.717) is 13.2 Å². The van der Waals surface area contributed by atoms with Crippen molar-refractivity contribution in [2.75, 3.05) is 30.9 Å². The molecule has 0 radical (unpaired) electrons. The smallest absolute Gasteiger partial charge is 0.379 e. The zero-order valence-electron chi connectivity index (χ0n) is 9.71. The van der Waals surface area contributed by atoms with Crippen molar-refractivity contribution in [3.05, 3.63) is 11.8 Å². The Hall–Kier alpha value is -1.57. The number of aromatic nitrogens is 2. The minimum Gasteiger partial charge on any atom is -0.379 e. The molecule has 1 aromatic heterocycles. The Balaban J connectivity index is 2.23. The first-order valence-electron chi connectivity index (χ1n) is 5.47. The Morgan fingerprint density at radius 2 is 2.17 bits per heavy atom. The molecular weight excluding hydrogens is 249 g/mol. The first-order valence-corrected chi connectivity index (χ1v) is 5.47. The fraction of sp³-hybridized carbons (Fsp3) is 0.600. The number of ether oxygens (including phenoxy) is 1. The molecule has 0 aromatic carbocycles. The summed E-state index contributed by atoms with van der Waals surface area (Å²) in [6, 6.07) is 0.893. The van der Waals surface area contributed by atoms with E-state index in [4.69, 9.17) is 4.74 Å². The van der Waals surface area contributed by atoms with Crippen LogP contribution < -0.4 is 10.6 Å². The zero-order chi connectivity index (χ0) is 13.2. The van der Waals surface area contributed by atoms with Gasteiger partial charge >= 0.3 is 6.18 Å². The Kier molecular flexibility index (Phi) is 3.55. The Labute approximate surface area is 102 Å². The predicted octanol–water partition coefficient (Wildman–Crippen LogP) is 1.74. The highest BCUT2D eigenvalue weighted by molar-refractivity contribution is 5.43. The van der Waals surface area contributed by atoms with E-state index in [1.807, 2.05) is 0 Å². The molecule has 100 valence electrons. The molecule has 0 spiro atoms. The lowest BCUT2D eigenvalue weighted by atomic mass is 10.2. The van der Waals surface area contributed by atoms with Crippen molar-refractivity contribution in [1.82, 2.24) is 9.97 Å². The van der Waals surface area contributed by atoms with Crippen molar-refractivity contribution in [1.29, 1.82) is 0 Å². The van der Waals surface area contributed by atoms with Crippen molar-refractivity contribution in [2.45, 2.75) is 18.6 Å². The highest BCUT2D eigenvalue weighted by Gasteiger charge is 2.34. The first-order chi connectivity index (χ1) is 8.49. The first kappa shape index (κ1) is 12.9. The predicted molar refractivity (Wildman–Crippen MR) is 59.4 cm³/mol. The molecule has 0 saturated carbocycles. The SMILES string of the molecule is CNc1nc(NC2CCOC2)cc(C(F)(F)F)n1. The topological polar surface area (TPSA) is 59.1 Å². The van der Waals surface area contributed by atoms with E-state index in [0.717, 1.165) is 12.5 Å². The van der Waals surface area contributed by atoms with Gasteiger partial charge in [0.05, 0.1) is 12.6 Å². The van der Waals surface area contributed by atoms with Gasteiger partial charge in [0.1, 0.15) is 5.82 Å². The molecule has 1 aromatic rings. The number of anilines is 2. The van der Waals surface area contributed by atoms with Gasteiger partial charge < -0.3 is 15.4 Å². The third kappa shape index (κ3) is 3.00. The van der Waals surface area contributed by atoms with Crippen molar-refractivity contribution in [2.24, 2.45) is 0 Å². The van der Waals surface area contributed by atoms with Gasteiger partial charge in [0.15, 0.2) is 5.69 Å². The summed E-state index contributed by atoms with van der Waals surface area (Å²) >= 11 is 0. The average Bonchev–Trinajstić information content (AvgIpc) is 2.80. The van der Waals surface area contributed by atoms with Crippen LogP contribution in [0.5, 0.6) is 0 Å². The number of rotatable bonds is 3. The van der Waals surface area contributed by atoms with Crippen LogP contribution in [0.1, 0.15) is 12.1 Å². The second-order valence-corrected chi connectivity index (χ2v) is 3.91. The molecule has 1 fully saturated rings. The molecule has 0 aliphatic carbocycles. The van der Waals surface area contributed by atoms with Gasteiger partial charge in [-0.1, -0.05) is 0 Å². The Morgan fingerprint density at radius 1 is 1.39 bits per heavy atom. The summed E-state index contributed by atoms with van der Waals surface area (Å²) in [4.78, 5) is 7.32. The maximum Gasteiger partial charge on any atom is 0.433 e. The molecule has 2 N–H and O–H groups in total. The number of nitrogens with one attached hydrogen (secondary N) is 2. The van der Waals surface area contributed by atoms with Gasteiger partial charge in [-0.2, -0.15) is 18.2 Å². The van der Waals surface area contributed by atoms with Gasteiger partial charge in [-0.05, 0) is 6.42 Å². The third-order valence-electron chi connectivity index (χ3n) is 2.52. The summed E-state index contributed by atoms with van der Waals surface area (Å²) < 4.78 is 43.0. The summed E-state index contributed by atoms with van der Waals surface area (Å²) in [6.07, 6.45) is -3.74. The van der Waals surface area contributed by atoms with Crippen LogP contribution in [-0.2, 0) is 10.9 Å². The molecule has 1 aliphatic rings. The van der Waals surface area contributed by atoms with Gasteiger partial charge in [0.2, 0.25) is 5.95 Å². The van der Waals surface area contributed by atoms with Crippen LogP contribution in [0, 0.1) is 0 Å². The van der Waals surface area contributed by atoms with Crippen LogP contribution in [-0.4, -0.2) is 36.3 Å². The molecule has 0 bridgehead atoms. The fourth-order valence-corrected chi connectivity index (χ4v) is 1.64. The van der Waals surface area contributed by atoms with Gasteiger partial charge in [-0.3, -0.25) is 0 Å². The fourth-order valence-electron chi connectivity index (χ4n) is 1.64. The van der Waals surface area contributed by atoms with Crippen molar-refractivity contribution < 1.29 is 17.9 Å². The Bertz CT molecular complexity index is 418. The van der Waals surface area contributed by atoms with Gasteiger partial charge in [-0.25, -0.2) is 4.98 Å². The molecule has 2 rings (SSSR count). The monoisotopic (exact) mass is 262 g/mol. The van der Waals surface area contributed by atoms with Crippen molar-refractivity contribution >= 4 is 11.8 Å². The van der Waals surface area contributed by atoms with E-state index in [2.05, 4.69) is 20.6 Å². The molecule has 0 amide bonds. The molecule has 1 unspecified atom stereocenters. The van der Waals surface area contributed by atoms with E-state index in [9.17, 15) is 13.2 Å². The molecule has 8 heteroatoms. The van der Waals surface area contributed by atoms with Crippen molar-refractivity contribution in [3.8, 4) is 0 Å². The highest BCUT2D eigenvalue weighted by atomic mass is 19.4. The van der Waals surface area contributed by atoms with Crippen molar-refractivity contribution in [3.63, 3.8) is 0 Å². The van der Waals surface area contributed by atoms with Crippen LogP contribution in [0.2, 0.25) is 0 Å². The number of hydrogen-bond donors (Lipinski definition) is 2. The number of halogens is 3. The van der Waals surface area contributed by atoms with Crippen LogP contribution >= 0.6 is 0 Å². The zero-order valence-corrected chi connectivity index (χ0v) is 9.71. The average molecular weight is 262 g/mol. The summed E-state index contributed by atoms with van der Waals surface area (Å²) in [5.41, 5.74) is -0.969. The standard InChI is InChI=1S/C10H13F3N4O/c1-14-9-16-7(10(11,12)13)4-8(17-9)15-6-2-3-18-5-6/h4,6H,2-3,5H2,1H3,(H2,14,15,16,17). The van der Waals surface area contributed by atoms with Crippen LogP contribution in [0.4, 0.5) is 24.9 Å². The highest BCUT2D eigenvalue weighted by Crippen LogP contribution is 2.29. The lowest BCUT2D eigenvalue weighted by Crippen LogP contribution is -2.21. The van der Waals surface area contributed by atoms with Crippen LogP contribution in [0.25, 0.3) is 0 Å². The van der Waals surface area contributed by atoms with E-state index < -0.39 is 11.9 Å². The maximum absolute atomic E-state index is 12.6. The molecule has 1 saturated heterocycles. The second kappa shape index (κ2) is 4.97. The maximum atomic E-state index is 12.6. The Morgan fingerprint density at radius 3 is 2.72 bits per heavy atom. The number of alkyl halides is 3. The minimum atomic E-state index is -4.49. The normalized spacial score (nSPS) is 19.9. The van der Waals surface area contributed by atoms with Crippen LogP contribution in [0.3, 0.4) is 0 Å². The molecule has 1 aliphatic heterocycles. The summed E-state index contributed by atoms with van der Waals surface area (Å²) in [7, 11) is 1.47. The molecule has 5 nitrogen and oxygen atoms in total. The largest absolute Gasteiger partial charge is 0.433 e. The van der Waals surface area contributed by atoms with Gasteiger partial charge in [-0.15, -0.1) is 0 Å². The molecular formula is C10H13F3N4O. The van der Waals surface area contributed by atoms with Gasteiger partial charge in [0.25, 0.3) is 0 Å². The number of nitrogens with zero attached hydrogens (tertiary/aromatic N) is 2. The van der Waals surface area contributed by atoms with Gasteiger partial charge in [0, 0.05) is 19.7 Å². The summed E-state index contributed by atoms with van der Waals surface area (Å²) in [5, 5.41) is 5.42. The van der Waals surface area contributed by atoms with Crippen LogP contribution in [0.15, 0.2) is 6.07 Å². The van der Waals surface area contributed by atoms with E-state index in [1.165, 1.54) is 7.05 Å². The molecule has 2 heterocycles. The van der Waals surface area contributed by atoms with E-state index in [1.54, 1.807) is 0 Å². The lowest BCUT2D eigenvalue weighted by Gasteiger charge is -2.14. The second-order valence-electron chi connectivity index (χ2n) is 3.91. The third-order valence-corrected chi connectivity index (χ3v) is 2.52. The molecule has 1 atom stereocenters. The quantitative estimate of drug-likeness (QED) is 0.869. The van der Waals surface area contributed by atoms with E-state index in [-0.39, 0.29) is 17.8 Å². The summed E-state index contributed by atoms with van der Waals surface area (Å²) in [6.45, 7) is 1.08.